The molecule has 1 atom stereocenters. The first-order chi connectivity index (χ1) is 16.2. The number of halogens is 1. The third-order valence-electron chi connectivity index (χ3n) is 6.58. The zero-order chi connectivity index (χ0) is 24.3. The van der Waals surface area contributed by atoms with E-state index in [1.807, 2.05) is 13.0 Å². The van der Waals surface area contributed by atoms with Crippen LogP contribution >= 0.6 is 0 Å². The van der Waals surface area contributed by atoms with Crippen molar-refractivity contribution in [2.24, 2.45) is 22.0 Å². The minimum absolute atomic E-state index is 0.0141. The summed E-state index contributed by atoms with van der Waals surface area (Å²) in [6.07, 6.45) is 5.59. The Kier molecular flexibility index (Phi) is 7.11. The summed E-state index contributed by atoms with van der Waals surface area (Å²) in [6.45, 7) is 2.03. The van der Waals surface area contributed by atoms with E-state index in [1.165, 1.54) is 6.07 Å². The summed E-state index contributed by atoms with van der Waals surface area (Å²) < 4.78 is 38.3. The van der Waals surface area contributed by atoms with E-state index in [4.69, 9.17) is 5.14 Å². The van der Waals surface area contributed by atoms with E-state index < -0.39 is 10.2 Å². The number of fused-ring (bicyclic) bond motifs is 1. The molecule has 0 amide bonds. The number of hydroxylamine groups is 1. The first-order valence-corrected chi connectivity index (χ1v) is 12.7. The Morgan fingerprint density at radius 1 is 1.15 bits per heavy atom. The summed E-state index contributed by atoms with van der Waals surface area (Å²) in [6, 6.07) is 13.1. The Hall–Kier alpha value is -3.08. The van der Waals surface area contributed by atoms with E-state index >= 15 is 0 Å². The van der Waals surface area contributed by atoms with Crippen LogP contribution in [-0.4, -0.2) is 24.4 Å². The zero-order valence-electron chi connectivity index (χ0n) is 18.8. The third-order valence-corrected chi connectivity index (χ3v) is 7.10. The van der Waals surface area contributed by atoms with Gasteiger partial charge in [-0.3, -0.25) is 20.4 Å². The van der Waals surface area contributed by atoms with Crippen LogP contribution in [0.2, 0.25) is 0 Å². The maximum Gasteiger partial charge on any atom is 0.296 e. The number of nitrogens with two attached hydrogens (primary N) is 1. The highest BCUT2D eigenvalue weighted by Gasteiger charge is 2.29. The van der Waals surface area contributed by atoms with Crippen LogP contribution in [-0.2, 0) is 10.2 Å². The maximum atomic E-state index is 13.8. The number of aromatic nitrogens is 1. The largest absolute Gasteiger partial charge is 0.296 e. The lowest BCUT2D eigenvalue weighted by molar-refractivity contribution is 0.213. The molecule has 8 nitrogen and oxygen atoms in total. The second kappa shape index (κ2) is 10.0. The Morgan fingerprint density at radius 2 is 1.85 bits per heavy atom. The SMILES string of the molecule is C[C@@H](C(=Nc1ccc(NS(N)(=O)=O)cc1)NO)C1CCC(c2ccnc3ccc(F)cc23)CC1. The molecular formula is C24H28FN5O3S. The Labute approximate surface area is 198 Å². The van der Waals surface area contributed by atoms with Crippen LogP contribution in [0.15, 0.2) is 59.7 Å². The van der Waals surface area contributed by atoms with Crippen LogP contribution in [0.4, 0.5) is 15.8 Å². The molecule has 0 bridgehead atoms. The molecule has 10 heteroatoms. The average Bonchev–Trinajstić information content (AvgIpc) is 2.82. The molecule has 1 fully saturated rings. The lowest BCUT2D eigenvalue weighted by atomic mass is 9.73. The summed E-state index contributed by atoms with van der Waals surface area (Å²) in [5, 5.41) is 15.6. The van der Waals surface area contributed by atoms with Gasteiger partial charge in [0, 0.05) is 23.2 Å². The molecule has 0 saturated heterocycles. The van der Waals surface area contributed by atoms with Gasteiger partial charge in [-0.2, -0.15) is 8.42 Å². The van der Waals surface area contributed by atoms with Crippen LogP contribution in [0, 0.1) is 17.7 Å². The van der Waals surface area contributed by atoms with Crippen molar-refractivity contribution < 1.29 is 18.0 Å². The molecule has 4 rings (SSSR count). The first kappa shape index (κ1) is 24.1. The van der Waals surface area contributed by atoms with Gasteiger partial charge in [-0.15, -0.1) is 0 Å². The van der Waals surface area contributed by atoms with E-state index in [0.29, 0.717) is 29.0 Å². The van der Waals surface area contributed by atoms with Gasteiger partial charge in [-0.25, -0.2) is 14.5 Å². The number of rotatable bonds is 6. The molecular weight excluding hydrogens is 457 g/mol. The number of nitrogens with one attached hydrogen (secondary N) is 2. The topological polar surface area (TPSA) is 130 Å². The molecule has 1 aliphatic rings. The van der Waals surface area contributed by atoms with Gasteiger partial charge >= 0.3 is 0 Å². The fourth-order valence-electron chi connectivity index (χ4n) is 4.79. The quantitative estimate of drug-likeness (QED) is 0.230. The molecule has 2 aromatic carbocycles. The van der Waals surface area contributed by atoms with E-state index in [0.717, 1.165) is 42.1 Å². The molecule has 34 heavy (non-hydrogen) atoms. The molecule has 1 saturated carbocycles. The molecule has 5 N–H and O–H groups in total. The predicted molar refractivity (Wildman–Crippen MR) is 131 cm³/mol. The standard InChI is InChI=1S/C24H28FN5O3S/c1-15(24(29-31)28-19-7-9-20(10-8-19)30-34(26,32)33)16-2-4-17(5-3-16)21-12-13-27-23-11-6-18(25)14-22(21)23/h6-17,30-31H,2-5H2,1H3,(H,28,29)(H2,26,32,33)/t15-,16?,17?/m1/s1. The molecule has 0 spiro atoms. The molecule has 1 heterocycles. The summed E-state index contributed by atoms with van der Waals surface area (Å²) in [7, 11) is -3.85. The minimum Gasteiger partial charge on any atom is -0.290 e. The summed E-state index contributed by atoms with van der Waals surface area (Å²) in [5.74, 6) is 0.833. The molecule has 1 aliphatic carbocycles. The number of benzene rings is 2. The van der Waals surface area contributed by atoms with Crippen LogP contribution in [0.1, 0.15) is 44.1 Å². The van der Waals surface area contributed by atoms with E-state index in [1.54, 1.807) is 42.6 Å². The van der Waals surface area contributed by atoms with Gasteiger partial charge in [0.1, 0.15) is 11.7 Å². The van der Waals surface area contributed by atoms with Crippen molar-refractivity contribution in [1.29, 1.82) is 0 Å². The molecule has 1 aromatic heterocycles. The Morgan fingerprint density at radius 3 is 2.50 bits per heavy atom. The highest BCUT2D eigenvalue weighted by Crippen LogP contribution is 2.41. The maximum absolute atomic E-state index is 13.8. The molecule has 180 valence electrons. The minimum atomic E-state index is -3.85. The normalized spacial score (nSPS) is 20.2. The molecule has 3 aromatic rings. The van der Waals surface area contributed by atoms with Crippen molar-refractivity contribution in [2.45, 2.75) is 38.5 Å². The Balaban J connectivity index is 1.44. The smallest absolute Gasteiger partial charge is 0.290 e. The van der Waals surface area contributed by atoms with Gasteiger partial charge in [0.05, 0.1) is 11.2 Å². The number of pyridine rings is 1. The van der Waals surface area contributed by atoms with Gasteiger partial charge in [-0.05, 0) is 91.6 Å². The number of anilines is 1. The summed E-state index contributed by atoms with van der Waals surface area (Å²) in [5.41, 5.74) is 5.08. The second-order valence-corrected chi connectivity index (χ2v) is 10.1. The summed E-state index contributed by atoms with van der Waals surface area (Å²) >= 11 is 0. The van der Waals surface area contributed by atoms with E-state index in [2.05, 4.69) is 20.2 Å². The second-order valence-electron chi connectivity index (χ2n) is 8.76. The fourth-order valence-corrected chi connectivity index (χ4v) is 5.25. The third kappa shape index (κ3) is 5.69. The van der Waals surface area contributed by atoms with Crippen molar-refractivity contribution >= 4 is 38.3 Å². The number of nitrogens with zero attached hydrogens (tertiary/aromatic N) is 2. The van der Waals surface area contributed by atoms with Crippen molar-refractivity contribution in [1.82, 2.24) is 10.5 Å². The van der Waals surface area contributed by atoms with Gasteiger partial charge < -0.3 is 0 Å². The van der Waals surface area contributed by atoms with Crippen LogP contribution in [0.5, 0.6) is 0 Å². The number of hydrogen-bond donors (Lipinski definition) is 4. The molecule has 0 radical (unpaired) electrons. The fraction of sp³-hybridized carbons (Fsp3) is 0.333. The summed E-state index contributed by atoms with van der Waals surface area (Å²) in [4.78, 5) is 8.87. The Bertz CT molecular complexity index is 1290. The van der Waals surface area contributed by atoms with Gasteiger partial charge in [0.2, 0.25) is 0 Å². The lowest BCUT2D eigenvalue weighted by Gasteiger charge is -2.33. The van der Waals surface area contributed by atoms with Crippen molar-refractivity contribution in [3.05, 3.63) is 66.1 Å². The highest BCUT2D eigenvalue weighted by molar-refractivity contribution is 7.90. The van der Waals surface area contributed by atoms with E-state index in [9.17, 15) is 18.0 Å². The number of aliphatic imine (C=N–C) groups is 1. The van der Waals surface area contributed by atoms with Crippen molar-refractivity contribution in [2.75, 3.05) is 4.72 Å². The zero-order valence-corrected chi connectivity index (χ0v) is 19.6. The van der Waals surface area contributed by atoms with Crippen molar-refractivity contribution in [3.63, 3.8) is 0 Å². The number of amidine groups is 1. The van der Waals surface area contributed by atoms with Crippen LogP contribution in [0.3, 0.4) is 0 Å². The first-order valence-electron chi connectivity index (χ1n) is 11.2. The van der Waals surface area contributed by atoms with Crippen molar-refractivity contribution in [3.8, 4) is 0 Å². The predicted octanol–water partition coefficient (Wildman–Crippen LogP) is 4.61. The van der Waals surface area contributed by atoms with E-state index in [-0.39, 0.29) is 11.7 Å². The van der Waals surface area contributed by atoms with Gasteiger partial charge in [0.15, 0.2) is 0 Å². The lowest BCUT2D eigenvalue weighted by Crippen LogP contribution is -2.33. The molecule has 0 aliphatic heterocycles. The number of hydrogen-bond acceptors (Lipinski definition) is 5. The monoisotopic (exact) mass is 485 g/mol. The highest BCUT2D eigenvalue weighted by atomic mass is 32.2. The van der Waals surface area contributed by atoms with Gasteiger partial charge in [0.25, 0.3) is 10.2 Å². The average molecular weight is 486 g/mol. The van der Waals surface area contributed by atoms with Crippen LogP contribution in [0.25, 0.3) is 10.9 Å². The molecule has 0 unspecified atom stereocenters. The van der Waals surface area contributed by atoms with Gasteiger partial charge in [-0.1, -0.05) is 6.92 Å². The van der Waals surface area contributed by atoms with Crippen LogP contribution < -0.4 is 15.3 Å².